The summed E-state index contributed by atoms with van der Waals surface area (Å²) < 4.78 is 43.5. The first-order valence-electron chi connectivity index (χ1n) is 15.8. The Morgan fingerprint density at radius 2 is 1.07 bits per heavy atom. The maximum absolute atomic E-state index is 9.30. The minimum atomic E-state index is -0.0728. The van der Waals surface area contributed by atoms with E-state index in [-0.39, 0.29) is 29.7 Å². The summed E-state index contributed by atoms with van der Waals surface area (Å²) in [7, 11) is 0. The monoisotopic (exact) mass is 524 g/mol. The van der Waals surface area contributed by atoms with Crippen LogP contribution in [0.5, 0.6) is 0 Å². The first-order chi connectivity index (χ1) is 22.0. The van der Waals surface area contributed by atoms with E-state index in [2.05, 4.69) is 36.4 Å². The lowest BCUT2D eigenvalue weighted by Crippen LogP contribution is -1.86. The Balaban J connectivity index is 1.34. The van der Waals surface area contributed by atoms with Crippen molar-refractivity contribution in [2.24, 2.45) is 0 Å². The molecule has 0 N–H and O–H groups in total. The first kappa shape index (κ1) is 18.8. The zero-order chi connectivity index (χ0) is 30.4. The standard InChI is InChI=1S/C40H24O/c1-2-10-29-23-37-30(22-28(29)9-1)24-36(33-12-5-6-13-34(33)37)27-18-16-26(17-19-27)31-14-7-15-38-39(31)35-21-20-25-8-3-4-11-32(25)40(35)41-38/h1-24H/i16D,17D,18D,19D. The van der Waals surface area contributed by atoms with Gasteiger partial charge in [-0.05, 0) is 90.3 Å². The zero-order valence-electron chi connectivity index (χ0n) is 26.0. The normalized spacial score (nSPS) is 13.3. The van der Waals surface area contributed by atoms with Crippen LogP contribution in [0.2, 0.25) is 0 Å². The number of hydrogen-bond donors (Lipinski definition) is 0. The van der Waals surface area contributed by atoms with Gasteiger partial charge in [0.2, 0.25) is 0 Å². The fraction of sp³-hybridized carbons (Fsp3) is 0. The smallest absolute Gasteiger partial charge is 0.143 e. The van der Waals surface area contributed by atoms with Crippen molar-refractivity contribution in [1.29, 1.82) is 0 Å². The minimum absolute atomic E-state index is 0.0634. The van der Waals surface area contributed by atoms with Gasteiger partial charge in [0.1, 0.15) is 11.2 Å². The predicted molar refractivity (Wildman–Crippen MR) is 175 cm³/mol. The van der Waals surface area contributed by atoms with Gasteiger partial charge in [-0.25, -0.2) is 0 Å². The molecular formula is C40H24O. The molecule has 8 aromatic carbocycles. The molecule has 0 saturated carbocycles. The van der Waals surface area contributed by atoms with Gasteiger partial charge in [0, 0.05) is 16.2 Å². The fourth-order valence-corrected chi connectivity index (χ4v) is 6.35. The van der Waals surface area contributed by atoms with E-state index in [1.54, 1.807) is 0 Å². The van der Waals surface area contributed by atoms with Crippen molar-refractivity contribution in [2.75, 3.05) is 0 Å². The average Bonchev–Trinajstić information content (AvgIpc) is 3.47. The van der Waals surface area contributed by atoms with E-state index in [0.717, 1.165) is 59.4 Å². The molecule has 0 aliphatic heterocycles. The van der Waals surface area contributed by atoms with Gasteiger partial charge in [-0.1, -0.05) is 115 Å². The Bertz CT molecular complexity index is 2680. The second kappa shape index (κ2) is 8.55. The van der Waals surface area contributed by atoms with Gasteiger partial charge >= 0.3 is 0 Å². The molecule has 41 heavy (non-hydrogen) atoms. The van der Waals surface area contributed by atoms with Crippen molar-refractivity contribution < 1.29 is 9.90 Å². The highest BCUT2D eigenvalue weighted by atomic mass is 16.3. The summed E-state index contributed by atoms with van der Waals surface area (Å²) in [5, 5.41) is 9.96. The Morgan fingerprint density at radius 1 is 0.415 bits per heavy atom. The minimum Gasteiger partial charge on any atom is -0.455 e. The van der Waals surface area contributed by atoms with E-state index in [1.165, 1.54) is 0 Å². The van der Waals surface area contributed by atoms with Crippen molar-refractivity contribution in [3.05, 3.63) is 145 Å². The van der Waals surface area contributed by atoms with E-state index in [9.17, 15) is 5.48 Å². The maximum atomic E-state index is 9.30. The third-order valence-corrected chi connectivity index (χ3v) is 8.28. The predicted octanol–water partition coefficient (Wildman–Crippen LogP) is 11.5. The Morgan fingerprint density at radius 3 is 1.88 bits per heavy atom. The summed E-state index contributed by atoms with van der Waals surface area (Å²) in [4.78, 5) is 0. The average molecular weight is 525 g/mol. The van der Waals surface area contributed by atoms with E-state index < -0.39 is 0 Å². The molecule has 0 spiro atoms. The van der Waals surface area contributed by atoms with Gasteiger partial charge in [0.05, 0.1) is 5.48 Å². The Labute approximate surface area is 242 Å². The molecule has 0 aliphatic rings. The van der Waals surface area contributed by atoms with Crippen LogP contribution < -0.4 is 0 Å². The SMILES string of the molecule is [2H]c1c([2H])c(-c2cccc3oc4c5ccccc5ccc4c23)c([2H])c([2H])c1-c1cc2cc3ccccc3cc2c2ccccc12. The number of rotatable bonds is 2. The lowest BCUT2D eigenvalue weighted by atomic mass is 9.91. The number of furan rings is 1. The van der Waals surface area contributed by atoms with Gasteiger partial charge in [0.25, 0.3) is 0 Å². The fourth-order valence-electron chi connectivity index (χ4n) is 6.35. The van der Waals surface area contributed by atoms with Gasteiger partial charge < -0.3 is 4.42 Å². The molecule has 0 radical (unpaired) electrons. The summed E-state index contributed by atoms with van der Waals surface area (Å²) >= 11 is 0. The van der Waals surface area contributed by atoms with Gasteiger partial charge in [-0.15, -0.1) is 0 Å². The molecule has 1 heterocycles. The molecule has 190 valence electrons. The maximum Gasteiger partial charge on any atom is 0.143 e. The molecule has 9 aromatic rings. The first-order valence-corrected chi connectivity index (χ1v) is 13.8. The van der Waals surface area contributed by atoms with Crippen molar-refractivity contribution in [3.8, 4) is 22.3 Å². The van der Waals surface area contributed by atoms with Crippen LogP contribution in [-0.4, -0.2) is 0 Å². The molecule has 0 amide bonds. The van der Waals surface area contributed by atoms with Crippen LogP contribution >= 0.6 is 0 Å². The van der Waals surface area contributed by atoms with Crippen molar-refractivity contribution in [1.82, 2.24) is 0 Å². The molecule has 0 unspecified atom stereocenters. The summed E-state index contributed by atoms with van der Waals surface area (Å²) in [6, 6.07) is 40.1. The van der Waals surface area contributed by atoms with Crippen LogP contribution in [0.15, 0.2) is 150 Å². The second-order valence-corrected chi connectivity index (χ2v) is 10.6. The van der Waals surface area contributed by atoms with Crippen LogP contribution in [0.1, 0.15) is 5.48 Å². The Hall–Kier alpha value is -5.40. The highest BCUT2D eigenvalue weighted by Gasteiger charge is 2.15. The molecule has 1 heteroatoms. The highest BCUT2D eigenvalue weighted by molar-refractivity contribution is 6.19. The van der Waals surface area contributed by atoms with Gasteiger partial charge in [0.15, 0.2) is 0 Å². The molecule has 0 saturated heterocycles. The summed E-state index contributed by atoms with van der Waals surface area (Å²) in [5.74, 6) is 0. The molecule has 0 atom stereocenters. The molecule has 0 bridgehead atoms. The molecular weight excluding hydrogens is 496 g/mol. The van der Waals surface area contributed by atoms with Crippen LogP contribution in [0, 0.1) is 0 Å². The van der Waals surface area contributed by atoms with Crippen LogP contribution in [0.25, 0.3) is 87.3 Å². The molecule has 0 aliphatic carbocycles. The van der Waals surface area contributed by atoms with Crippen LogP contribution in [0.3, 0.4) is 0 Å². The lowest BCUT2D eigenvalue weighted by molar-refractivity contribution is 0.673. The van der Waals surface area contributed by atoms with E-state index >= 15 is 0 Å². The topological polar surface area (TPSA) is 13.1 Å². The molecule has 1 nitrogen and oxygen atoms in total. The highest BCUT2D eigenvalue weighted by Crippen LogP contribution is 2.41. The number of hydrogen-bond acceptors (Lipinski definition) is 1. The molecule has 1 aromatic heterocycles. The van der Waals surface area contributed by atoms with Crippen molar-refractivity contribution in [2.45, 2.75) is 0 Å². The van der Waals surface area contributed by atoms with E-state index in [1.807, 2.05) is 84.9 Å². The van der Waals surface area contributed by atoms with Crippen molar-refractivity contribution >= 4 is 65.0 Å². The zero-order valence-corrected chi connectivity index (χ0v) is 22.0. The number of benzene rings is 8. The second-order valence-electron chi connectivity index (χ2n) is 10.6. The van der Waals surface area contributed by atoms with Gasteiger partial charge in [-0.2, -0.15) is 0 Å². The third kappa shape index (κ3) is 3.36. The largest absolute Gasteiger partial charge is 0.455 e. The molecule has 9 rings (SSSR count). The van der Waals surface area contributed by atoms with Crippen LogP contribution in [0.4, 0.5) is 0 Å². The summed E-state index contributed by atoms with van der Waals surface area (Å²) in [6.07, 6.45) is 0. The van der Waals surface area contributed by atoms with E-state index in [4.69, 9.17) is 4.42 Å². The quantitative estimate of drug-likeness (QED) is 0.162. The van der Waals surface area contributed by atoms with Crippen molar-refractivity contribution in [3.63, 3.8) is 0 Å². The third-order valence-electron chi connectivity index (χ3n) is 8.28. The summed E-state index contributed by atoms with van der Waals surface area (Å²) in [5.41, 5.74) is 3.28. The lowest BCUT2D eigenvalue weighted by Gasteiger charge is -2.13. The molecule has 0 fully saturated rings. The number of fused-ring (bicyclic) bond motifs is 9. The summed E-state index contributed by atoms with van der Waals surface area (Å²) in [6.45, 7) is 0. The van der Waals surface area contributed by atoms with Crippen LogP contribution in [-0.2, 0) is 0 Å². The van der Waals surface area contributed by atoms with E-state index in [0.29, 0.717) is 22.3 Å². The van der Waals surface area contributed by atoms with Gasteiger partial charge in [-0.3, -0.25) is 0 Å². The Kier molecular flexibility index (Phi) is 3.92.